The summed E-state index contributed by atoms with van der Waals surface area (Å²) in [5.74, 6) is 0.787. The van der Waals surface area contributed by atoms with Crippen molar-refractivity contribution in [1.29, 1.82) is 0 Å². The molecule has 1 aliphatic rings. The number of hydrogen-bond acceptors (Lipinski definition) is 6. The molecule has 0 saturated carbocycles. The number of aryl methyl sites for hydroxylation is 1. The maximum Gasteiger partial charge on any atom is 0.213 e. The van der Waals surface area contributed by atoms with Crippen LogP contribution in [-0.4, -0.2) is 46.2 Å². The molecule has 0 radical (unpaired) electrons. The van der Waals surface area contributed by atoms with Crippen LogP contribution in [0.5, 0.6) is 5.88 Å². The first-order valence-corrected chi connectivity index (χ1v) is 13.3. The molecule has 1 fully saturated rings. The molecule has 1 saturated heterocycles. The van der Waals surface area contributed by atoms with Gasteiger partial charge >= 0.3 is 0 Å². The summed E-state index contributed by atoms with van der Waals surface area (Å²) in [4.78, 5) is 8.86. The second-order valence-corrected chi connectivity index (χ2v) is 11.1. The van der Waals surface area contributed by atoms with Crippen molar-refractivity contribution in [1.82, 2.24) is 19.9 Å². The first-order valence-electron chi connectivity index (χ1n) is 12.9. The van der Waals surface area contributed by atoms with E-state index < -0.39 is 5.82 Å². The van der Waals surface area contributed by atoms with Crippen molar-refractivity contribution in [3.8, 4) is 17.0 Å². The van der Waals surface area contributed by atoms with Gasteiger partial charge in [0, 0.05) is 47.7 Å². The van der Waals surface area contributed by atoms with E-state index in [-0.39, 0.29) is 17.1 Å². The van der Waals surface area contributed by atoms with Crippen LogP contribution < -0.4 is 21.1 Å². The Morgan fingerprint density at radius 2 is 2.13 bits per heavy atom. The molecular formula is C29H33ClFN7O. The van der Waals surface area contributed by atoms with Crippen molar-refractivity contribution in [2.45, 2.75) is 39.2 Å². The molecule has 10 heteroatoms. The van der Waals surface area contributed by atoms with Crippen LogP contribution in [-0.2, 0) is 0 Å². The fourth-order valence-corrected chi connectivity index (χ4v) is 5.38. The fraction of sp³-hybridized carbons (Fsp3) is 0.345. The van der Waals surface area contributed by atoms with Crippen molar-refractivity contribution >= 4 is 34.3 Å². The molecule has 0 amide bonds. The Hall–Kier alpha value is -3.69. The number of amidine groups is 1. The summed E-state index contributed by atoms with van der Waals surface area (Å²) in [7, 11) is 1.60. The predicted octanol–water partition coefficient (Wildman–Crippen LogP) is 5.73. The standard InChI is InChI=1S/C29H33ClFN7O/c1-17-9-26(39-4)33-14-21(17)19-10-25-27(34-13-18-7-8-35-29(2,3)12-18)22(15-36-38(25)16-19)28(32)37-24-11-20(31)5-6-23(24)30/h5-6,9-11,14-16,18,34-35H,7-8,12-13H2,1-4H3,(H2,32,37). The maximum atomic E-state index is 13.9. The number of methoxy groups -OCH3 is 1. The van der Waals surface area contributed by atoms with Crippen molar-refractivity contribution in [2.75, 3.05) is 25.5 Å². The Labute approximate surface area is 232 Å². The number of halogens is 2. The van der Waals surface area contributed by atoms with Crippen molar-refractivity contribution in [3.63, 3.8) is 0 Å². The first kappa shape index (κ1) is 26.9. The molecular weight excluding hydrogens is 517 g/mol. The number of anilines is 1. The van der Waals surface area contributed by atoms with E-state index in [2.05, 4.69) is 45.6 Å². The highest BCUT2D eigenvalue weighted by molar-refractivity contribution is 6.33. The van der Waals surface area contributed by atoms with Gasteiger partial charge in [-0.05, 0) is 69.8 Å². The van der Waals surface area contributed by atoms with Gasteiger partial charge in [-0.25, -0.2) is 18.9 Å². The number of rotatable bonds is 7. The van der Waals surface area contributed by atoms with Crippen molar-refractivity contribution in [3.05, 3.63) is 70.9 Å². The number of fused-ring (bicyclic) bond motifs is 1. The highest BCUT2D eigenvalue weighted by Gasteiger charge is 2.27. The largest absolute Gasteiger partial charge is 0.481 e. The maximum absolute atomic E-state index is 13.9. The number of aliphatic imine (C=N–C) groups is 1. The Bertz CT molecular complexity index is 1550. The van der Waals surface area contributed by atoms with Crippen LogP contribution in [0.2, 0.25) is 5.02 Å². The lowest BCUT2D eigenvalue weighted by Crippen LogP contribution is -2.47. The van der Waals surface area contributed by atoms with E-state index in [1.807, 2.05) is 23.7 Å². The molecule has 0 aliphatic carbocycles. The minimum absolute atomic E-state index is 0.0801. The third kappa shape index (κ3) is 5.84. The molecule has 1 aliphatic heterocycles. The summed E-state index contributed by atoms with van der Waals surface area (Å²) in [6, 6.07) is 7.98. The number of piperidine rings is 1. The number of aromatic nitrogens is 3. The van der Waals surface area contributed by atoms with E-state index in [9.17, 15) is 4.39 Å². The monoisotopic (exact) mass is 549 g/mol. The normalized spacial score (nSPS) is 17.4. The minimum atomic E-state index is -0.439. The Morgan fingerprint density at radius 1 is 1.31 bits per heavy atom. The van der Waals surface area contributed by atoms with Gasteiger partial charge in [-0.2, -0.15) is 5.10 Å². The number of nitrogens with two attached hydrogens (primary N) is 1. The van der Waals surface area contributed by atoms with Crippen LogP contribution in [0, 0.1) is 18.7 Å². The smallest absolute Gasteiger partial charge is 0.213 e. The molecule has 8 nitrogen and oxygen atoms in total. The second-order valence-electron chi connectivity index (χ2n) is 10.7. The van der Waals surface area contributed by atoms with Crippen LogP contribution in [0.4, 0.5) is 15.8 Å². The molecule has 1 atom stereocenters. The number of pyridine rings is 1. The van der Waals surface area contributed by atoms with Crippen molar-refractivity contribution < 1.29 is 9.13 Å². The molecule has 0 bridgehead atoms. The average Bonchev–Trinajstić information content (AvgIpc) is 3.33. The van der Waals surface area contributed by atoms with Crippen LogP contribution >= 0.6 is 11.6 Å². The van der Waals surface area contributed by atoms with Gasteiger partial charge in [0.05, 0.1) is 40.8 Å². The zero-order valence-electron chi connectivity index (χ0n) is 22.6. The second kappa shape index (κ2) is 10.8. The quantitative estimate of drug-likeness (QED) is 0.201. The lowest BCUT2D eigenvalue weighted by Gasteiger charge is -2.36. The Kier molecular flexibility index (Phi) is 7.46. The van der Waals surface area contributed by atoms with Gasteiger partial charge < -0.3 is 21.1 Å². The summed E-state index contributed by atoms with van der Waals surface area (Å²) in [5.41, 5.74) is 12.1. The van der Waals surface area contributed by atoms with Gasteiger partial charge in [-0.1, -0.05) is 11.6 Å². The van der Waals surface area contributed by atoms with Gasteiger partial charge in [0.25, 0.3) is 0 Å². The molecule has 204 valence electrons. The van der Waals surface area contributed by atoms with Crippen LogP contribution in [0.25, 0.3) is 16.6 Å². The van der Waals surface area contributed by atoms with Gasteiger partial charge in [-0.3, -0.25) is 0 Å². The molecule has 39 heavy (non-hydrogen) atoms. The summed E-state index contributed by atoms with van der Waals surface area (Å²) in [6.07, 6.45) is 7.55. The lowest BCUT2D eigenvalue weighted by atomic mass is 9.84. The highest BCUT2D eigenvalue weighted by atomic mass is 35.5. The average molecular weight is 550 g/mol. The van der Waals surface area contributed by atoms with E-state index >= 15 is 0 Å². The van der Waals surface area contributed by atoms with E-state index in [4.69, 9.17) is 22.1 Å². The summed E-state index contributed by atoms with van der Waals surface area (Å²) in [5, 5.41) is 12.2. The lowest BCUT2D eigenvalue weighted by molar-refractivity contribution is 0.238. The number of benzene rings is 1. The van der Waals surface area contributed by atoms with Crippen LogP contribution in [0.3, 0.4) is 0 Å². The molecule has 0 spiro atoms. The highest BCUT2D eigenvalue weighted by Crippen LogP contribution is 2.33. The third-order valence-electron chi connectivity index (χ3n) is 7.19. The molecule has 1 unspecified atom stereocenters. The van der Waals surface area contributed by atoms with Gasteiger partial charge in [-0.15, -0.1) is 0 Å². The number of ether oxygens (including phenoxy) is 1. The molecule has 4 heterocycles. The number of nitrogens with zero attached hydrogens (tertiary/aromatic N) is 4. The molecule has 4 N–H and O–H groups in total. The van der Waals surface area contributed by atoms with Gasteiger partial charge in [0.1, 0.15) is 11.7 Å². The summed E-state index contributed by atoms with van der Waals surface area (Å²) >= 11 is 6.27. The zero-order valence-corrected chi connectivity index (χ0v) is 23.3. The Balaban J connectivity index is 1.58. The zero-order chi connectivity index (χ0) is 27.7. The van der Waals surface area contributed by atoms with E-state index in [0.717, 1.165) is 53.8 Å². The van der Waals surface area contributed by atoms with Crippen LogP contribution in [0.1, 0.15) is 37.8 Å². The summed E-state index contributed by atoms with van der Waals surface area (Å²) in [6.45, 7) is 8.21. The van der Waals surface area contributed by atoms with E-state index in [1.165, 1.54) is 18.2 Å². The molecule has 5 rings (SSSR count). The number of hydrogen-bond donors (Lipinski definition) is 3. The van der Waals surface area contributed by atoms with Crippen LogP contribution in [0.15, 0.2) is 53.9 Å². The van der Waals surface area contributed by atoms with Gasteiger partial charge in [0.2, 0.25) is 5.88 Å². The van der Waals surface area contributed by atoms with Crippen molar-refractivity contribution in [2.24, 2.45) is 16.6 Å². The fourth-order valence-electron chi connectivity index (χ4n) is 5.22. The molecule has 1 aromatic carbocycles. The van der Waals surface area contributed by atoms with E-state index in [1.54, 1.807) is 19.5 Å². The van der Waals surface area contributed by atoms with Gasteiger partial charge in [0.15, 0.2) is 0 Å². The summed E-state index contributed by atoms with van der Waals surface area (Å²) < 4.78 is 21.0. The Morgan fingerprint density at radius 3 is 2.87 bits per heavy atom. The van der Waals surface area contributed by atoms with E-state index in [0.29, 0.717) is 22.4 Å². The third-order valence-corrected chi connectivity index (χ3v) is 7.51. The minimum Gasteiger partial charge on any atom is -0.481 e. The SMILES string of the molecule is COc1cc(C)c(-c2cc3c(NCC4CCNC(C)(C)C4)c(C(N)=Nc4cc(F)ccc4Cl)cnn3c2)cn1. The molecule has 3 aromatic heterocycles. The topological polar surface area (TPSA) is 102 Å². The number of nitrogens with one attached hydrogen (secondary N) is 2. The first-order chi connectivity index (χ1) is 18.6. The predicted molar refractivity (Wildman–Crippen MR) is 155 cm³/mol. The molecule has 4 aromatic rings.